The number of hydrogen-bond acceptors (Lipinski definition) is 6. The monoisotopic (exact) mass is 580 g/mol. The van der Waals surface area contributed by atoms with Gasteiger partial charge < -0.3 is 23.7 Å². The van der Waals surface area contributed by atoms with Crippen molar-refractivity contribution >= 4 is 14.3 Å². The molecule has 0 fully saturated rings. The van der Waals surface area contributed by atoms with E-state index in [1.807, 2.05) is 25.1 Å². The Bertz CT molecular complexity index is 824. The summed E-state index contributed by atoms with van der Waals surface area (Å²) in [6.45, 7) is 22.6. The summed E-state index contributed by atoms with van der Waals surface area (Å²) in [7, 11) is -0.199. The topological polar surface area (TPSA) is 74.2 Å². The molecule has 1 aromatic carbocycles. The number of rotatable bonds is 19. The largest absolute Gasteiger partial charge is 0.462 e. The summed E-state index contributed by atoms with van der Waals surface area (Å²) in [5, 5.41) is 11.2. The van der Waals surface area contributed by atoms with E-state index < -0.39 is 14.4 Å². The SMILES string of the molecule is CCC(=O)OC(CC[C@H](C)[C@@H](O)CC(CC)O[Si](C)(C)C(C)(C)C)C(C)[C@H](OC)[C@H](C)COCc1ccccc1. The molecule has 7 heteroatoms. The lowest BCUT2D eigenvalue weighted by atomic mass is 9.85. The smallest absolute Gasteiger partial charge is 0.305 e. The molecular formula is C33H60O6Si. The maximum absolute atomic E-state index is 12.4. The first-order chi connectivity index (χ1) is 18.7. The molecule has 1 N–H and O–H groups in total. The van der Waals surface area contributed by atoms with Crippen LogP contribution in [-0.4, -0.2) is 57.5 Å². The summed E-state index contributed by atoms with van der Waals surface area (Å²) in [6, 6.07) is 10.1. The third-order valence-corrected chi connectivity index (χ3v) is 13.3. The van der Waals surface area contributed by atoms with Crippen molar-refractivity contribution in [2.24, 2.45) is 17.8 Å². The number of hydrogen-bond donors (Lipinski definition) is 1. The Balaban J connectivity index is 2.80. The van der Waals surface area contributed by atoms with Crippen molar-refractivity contribution in [1.82, 2.24) is 0 Å². The summed E-state index contributed by atoms with van der Waals surface area (Å²) >= 11 is 0. The lowest BCUT2D eigenvalue weighted by molar-refractivity contribution is -0.156. The summed E-state index contributed by atoms with van der Waals surface area (Å²) in [5.74, 6) is -0.0562. The molecule has 1 rings (SSSR count). The molecule has 40 heavy (non-hydrogen) atoms. The van der Waals surface area contributed by atoms with Crippen LogP contribution in [0.4, 0.5) is 0 Å². The number of methoxy groups -OCH3 is 1. The maximum Gasteiger partial charge on any atom is 0.305 e. The molecule has 0 aliphatic carbocycles. The van der Waals surface area contributed by atoms with Gasteiger partial charge in [0.05, 0.1) is 25.4 Å². The molecule has 0 saturated carbocycles. The molecule has 0 spiro atoms. The van der Waals surface area contributed by atoms with E-state index in [0.29, 0.717) is 32.5 Å². The predicted octanol–water partition coefficient (Wildman–Crippen LogP) is 7.78. The van der Waals surface area contributed by atoms with Gasteiger partial charge >= 0.3 is 5.97 Å². The van der Waals surface area contributed by atoms with Crippen molar-refractivity contribution in [3.8, 4) is 0 Å². The highest BCUT2D eigenvalue weighted by atomic mass is 28.4. The van der Waals surface area contributed by atoms with Crippen LogP contribution in [0, 0.1) is 17.8 Å². The van der Waals surface area contributed by atoms with E-state index in [4.69, 9.17) is 18.6 Å². The van der Waals surface area contributed by atoms with E-state index >= 15 is 0 Å². The molecule has 7 atom stereocenters. The third-order valence-electron chi connectivity index (χ3n) is 8.79. The van der Waals surface area contributed by atoms with E-state index in [0.717, 1.165) is 18.4 Å². The first-order valence-corrected chi connectivity index (χ1v) is 18.3. The molecule has 6 nitrogen and oxygen atoms in total. The van der Waals surface area contributed by atoms with Crippen LogP contribution in [0.3, 0.4) is 0 Å². The number of benzene rings is 1. The quantitative estimate of drug-likeness (QED) is 0.133. The van der Waals surface area contributed by atoms with Crippen molar-refractivity contribution in [2.45, 2.75) is 137 Å². The van der Waals surface area contributed by atoms with Gasteiger partial charge in [0.2, 0.25) is 0 Å². The van der Waals surface area contributed by atoms with Crippen molar-refractivity contribution < 1.29 is 28.5 Å². The highest BCUT2D eigenvalue weighted by Crippen LogP contribution is 2.38. The van der Waals surface area contributed by atoms with Gasteiger partial charge in [0.1, 0.15) is 6.10 Å². The van der Waals surface area contributed by atoms with Crippen LogP contribution in [0.5, 0.6) is 0 Å². The van der Waals surface area contributed by atoms with E-state index in [1.54, 1.807) is 7.11 Å². The van der Waals surface area contributed by atoms with Gasteiger partial charge in [-0.15, -0.1) is 0 Å². The molecule has 0 saturated heterocycles. The summed E-state index contributed by atoms with van der Waals surface area (Å²) in [5.41, 5.74) is 1.14. The fourth-order valence-electron chi connectivity index (χ4n) is 4.90. The third kappa shape index (κ3) is 12.3. The van der Waals surface area contributed by atoms with Crippen molar-refractivity contribution in [3.05, 3.63) is 35.9 Å². The van der Waals surface area contributed by atoms with Crippen LogP contribution in [-0.2, 0) is 30.0 Å². The Labute approximate surface area is 246 Å². The van der Waals surface area contributed by atoms with Crippen molar-refractivity contribution in [1.29, 1.82) is 0 Å². The van der Waals surface area contributed by atoms with Gasteiger partial charge in [-0.05, 0) is 55.3 Å². The highest BCUT2D eigenvalue weighted by molar-refractivity contribution is 6.74. The average molecular weight is 581 g/mol. The standard InChI is InChI=1S/C33H60O6Si/c1-12-28(39-40(10,11)33(6,7)8)21-29(34)24(3)19-20-30(38-31(35)13-2)26(5)32(36-9)25(4)22-37-23-27-17-15-14-16-18-27/h14-18,24-26,28-30,32,34H,12-13,19-23H2,1-11H3/t24-,25+,26?,28?,29-,30?,32+/m0/s1. The molecule has 0 heterocycles. The zero-order valence-electron chi connectivity index (χ0n) is 27.4. The van der Waals surface area contributed by atoms with Crippen LogP contribution in [0.25, 0.3) is 0 Å². The van der Waals surface area contributed by atoms with Gasteiger partial charge in [-0.3, -0.25) is 4.79 Å². The van der Waals surface area contributed by atoms with Gasteiger partial charge in [0.25, 0.3) is 0 Å². The summed E-state index contributed by atoms with van der Waals surface area (Å²) in [4.78, 5) is 12.4. The molecule has 0 amide bonds. The lowest BCUT2D eigenvalue weighted by Crippen LogP contribution is -2.44. The Hall–Kier alpha value is -1.25. The second-order valence-electron chi connectivity index (χ2n) is 13.2. The van der Waals surface area contributed by atoms with Crippen LogP contribution in [0.2, 0.25) is 18.1 Å². The minimum Gasteiger partial charge on any atom is -0.462 e. The zero-order valence-corrected chi connectivity index (χ0v) is 28.4. The fourth-order valence-corrected chi connectivity index (χ4v) is 6.35. The van der Waals surface area contributed by atoms with Crippen molar-refractivity contribution in [2.75, 3.05) is 13.7 Å². The Morgan fingerprint density at radius 3 is 2.15 bits per heavy atom. The zero-order chi connectivity index (χ0) is 30.5. The molecular weight excluding hydrogens is 520 g/mol. The molecule has 0 radical (unpaired) electrons. The predicted molar refractivity (Wildman–Crippen MR) is 167 cm³/mol. The van der Waals surface area contributed by atoms with Gasteiger partial charge in [-0.25, -0.2) is 0 Å². The van der Waals surface area contributed by atoms with Gasteiger partial charge in [0, 0.05) is 31.5 Å². The first-order valence-electron chi connectivity index (χ1n) is 15.4. The van der Waals surface area contributed by atoms with Crippen LogP contribution in [0.15, 0.2) is 30.3 Å². The molecule has 1 aromatic rings. The minimum absolute atomic E-state index is 0.0227. The summed E-state index contributed by atoms with van der Waals surface area (Å²) < 4.78 is 24.5. The number of esters is 1. The Morgan fingerprint density at radius 1 is 1.00 bits per heavy atom. The maximum atomic E-state index is 12.4. The lowest BCUT2D eigenvalue weighted by Gasteiger charge is -2.40. The number of carbonyl (C=O) groups is 1. The molecule has 0 aliphatic rings. The first kappa shape index (κ1) is 36.8. The van der Waals surface area contributed by atoms with Gasteiger partial charge in [-0.2, -0.15) is 0 Å². The van der Waals surface area contributed by atoms with Gasteiger partial charge in [0.15, 0.2) is 8.32 Å². The molecule has 3 unspecified atom stereocenters. The van der Waals surface area contributed by atoms with E-state index in [9.17, 15) is 9.90 Å². The van der Waals surface area contributed by atoms with E-state index in [1.165, 1.54) is 0 Å². The van der Waals surface area contributed by atoms with E-state index in [-0.39, 0.29) is 47.1 Å². The fraction of sp³-hybridized carbons (Fsp3) is 0.788. The minimum atomic E-state index is -1.91. The average Bonchev–Trinajstić information content (AvgIpc) is 2.90. The molecule has 232 valence electrons. The second-order valence-corrected chi connectivity index (χ2v) is 17.9. The van der Waals surface area contributed by atoms with Crippen LogP contribution < -0.4 is 0 Å². The van der Waals surface area contributed by atoms with Crippen molar-refractivity contribution in [3.63, 3.8) is 0 Å². The number of carbonyl (C=O) groups excluding carboxylic acids is 1. The van der Waals surface area contributed by atoms with Crippen LogP contribution in [0.1, 0.15) is 93.1 Å². The second kappa shape index (κ2) is 17.6. The molecule has 0 aromatic heterocycles. The van der Waals surface area contributed by atoms with Crippen LogP contribution >= 0.6 is 0 Å². The number of ether oxygens (including phenoxy) is 3. The van der Waals surface area contributed by atoms with E-state index in [2.05, 4.69) is 73.7 Å². The number of aliphatic hydroxyl groups is 1. The Morgan fingerprint density at radius 2 is 1.62 bits per heavy atom. The van der Waals surface area contributed by atoms with Gasteiger partial charge in [-0.1, -0.05) is 85.7 Å². The molecule has 0 aliphatic heterocycles. The summed E-state index contributed by atoms with van der Waals surface area (Å²) in [6.07, 6.45) is 2.39. The number of aliphatic hydroxyl groups excluding tert-OH is 1. The Kier molecular flexibility index (Phi) is 16.2. The normalized spacial score (nSPS) is 17.9. The molecule has 0 bridgehead atoms. The highest BCUT2D eigenvalue weighted by Gasteiger charge is 2.39.